The molecule has 1 aromatic rings. The summed E-state index contributed by atoms with van der Waals surface area (Å²) in [4.78, 5) is 0.0870. The summed E-state index contributed by atoms with van der Waals surface area (Å²) in [6, 6.07) is -0.156. The molecule has 2 rings (SSSR count). The largest absolute Gasteiger partial charge is 0.391 e. The Balaban J connectivity index is 2.46. The molecule has 1 heterocycles. The highest BCUT2D eigenvalue weighted by atomic mass is 32.2. The van der Waals surface area contributed by atoms with Gasteiger partial charge in [0.15, 0.2) is 0 Å². The Kier molecular flexibility index (Phi) is 3.98. The average Bonchev–Trinajstić information content (AvgIpc) is 2.46. The van der Waals surface area contributed by atoms with E-state index in [1.807, 2.05) is 0 Å². The molecule has 0 aromatic carbocycles. The molecule has 3 N–H and O–H groups in total. The lowest BCUT2D eigenvalue weighted by Gasteiger charge is -2.22. The molecule has 19 heavy (non-hydrogen) atoms. The maximum absolute atomic E-state index is 11.6. The molecule has 1 fully saturated rings. The van der Waals surface area contributed by atoms with E-state index in [9.17, 15) is 13.5 Å². The van der Waals surface area contributed by atoms with Crippen molar-refractivity contribution in [2.45, 2.75) is 63.0 Å². The standard InChI is InChI=1S/C12H21N3O3S/c1-8-12(19(13,17)18)9(2)15(14-8)10-6-4-3-5-7-11(10)16/h10-11,16H,3-7H2,1-2H3,(H2,13,17,18). The molecule has 1 aliphatic carbocycles. The van der Waals surface area contributed by atoms with Crippen molar-refractivity contribution in [2.75, 3.05) is 0 Å². The molecule has 0 aliphatic heterocycles. The Morgan fingerprint density at radius 1 is 1.26 bits per heavy atom. The van der Waals surface area contributed by atoms with Gasteiger partial charge in [-0.25, -0.2) is 13.6 Å². The lowest BCUT2D eigenvalue weighted by atomic mass is 10.1. The van der Waals surface area contributed by atoms with Gasteiger partial charge in [0.1, 0.15) is 4.90 Å². The Bertz CT molecular complexity index is 565. The fourth-order valence-corrected chi connectivity index (χ4v) is 3.89. The Hall–Kier alpha value is -0.920. The zero-order chi connectivity index (χ0) is 14.2. The van der Waals surface area contributed by atoms with Gasteiger partial charge in [-0.2, -0.15) is 5.10 Å². The Labute approximate surface area is 113 Å². The minimum Gasteiger partial charge on any atom is -0.391 e. The van der Waals surface area contributed by atoms with Crippen molar-refractivity contribution in [1.82, 2.24) is 9.78 Å². The number of hydrogen-bond acceptors (Lipinski definition) is 4. The molecular formula is C12H21N3O3S. The minimum atomic E-state index is -3.77. The molecule has 2 atom stereocenters. The number of nitrogens with two attached hydrogens (primary N) is 1. The van der Waals surface area contributed by atoms with Gasteiger partial charge in [-0.15, -0.1) is 0 Å². The molecule has 1 aromatic heterocycles. The van der Waals surface area contributed by atoms with Gasteiger partial charge in [-0.1, -0.05) is 19.3 Å². The summed E-state index contributed by atoms with van der Waals surface area (Å²) in [7, 11) is -3.77. The molecule has 1 aliphatic rings. The Morgan fingerprint density at radius 2 is 1.89 bits per heavy atom. The van der Waals surface area contributed by atoms with Crippen LogP contribution in [0.5, 0.6) is 0 Å². The summed E-state index contributed by atoms with van der Waals surface area (Å²) in [6.07, 6.45) is 4.17. The fourth-order valence-electron chi connectivity index (χ4n) is 2.94. The van der Waals surface area contributed by atoms with Gasteiger partial charge < -0.3 is 5.11 Å². The first-order valence-electron chi connectivity index (χ1n) is 6.59. The van der Waals surface area contributed by atoms with E-state index >= 15 is 0 Å². The number of aryl methyl sites for hydroxylation is 1. The van der Waals surface area contributed by atoms with Crippen LogP contribution >= 0.6 is 0 Å². The first-order valence-corrected chi connectivity index (χ1v) is 8.13. The van der Waals surface area contributed by atoms with Crippen molar-refractivity contribution in [3.63, 3.8) is 0 Å². The number of primary sulfonamides is 1. The maximum atomic E-state index is 11.6. The third-order valence-corrected chi connectivity index (χ3v) is 4.96. The number of nitrogens with zero attached hydrogens (tertiary/aromatic N) is 2. The van der Waals surface area contributed by atoms with E-state index in [1.54, 1.807) is 18.5 Å². The third-order valence-electron chi connectivity index (χ3n) is 3.80. The van der Waals surface area contributed by atoms with Crippen LogP contribution < -0.4 is 5.14 Å². The van der Waals surface area contributed by atoms with Crippen LogP contribution in [0.2, 0.25) is 0 Å². The van der Waals surface area contributed by atoms with Gasteiger partial charge in [0, 0.05) is 0 Å². The van der Waals surface area contributed by atoms with E-state index in [0.717, 1.165) is 32.1 Å². The van der Waals surface area contributed by atoms with Crippen molar-refractivity contribution < 1.29 is 13.5 Å². The molecule has 2 unspecified atom stereocenters. The van der Waals surface area contributed by atoms with E-state index in [1.165, 1.54) is 0 Å². The molecule has 0 radical (unpaired) electrons. The number of aliphatic hydroxyl groups is 1. The van der Waals surface area contributed by atoms with Crippen LogP contribution in [0.4, 0.5) is 0 Å². The zero-order valence-electron chi connectivity index (χ0n) is 11.3. The summed E-state index contributed by atoms with van der Waals surface area (Å²) in [5, 5.41) is 19.7. The highest BCUT2D eigenvalue weighted by molar-refractivity contribution is 7.89. The quantitative estimate of drug-likeness (QED) is 0.793. The molecule has 108 valence electrons. The van der Waals surface area contributed by atoms with Crippen LogP contribution in [0.25, 0.3) is 0 Å². The molecule has 0 amide bonds. The smallest absolute Gasteiger partial charge is 0.241 e. The van der Waals surface area contributed by atoms with Crippen molar-refractivity contribution in [3.8, 4) is 0 Å². The zero-order valence-corrected chi connectivity index (χ0v) is 12.2. The van der Waals surface area contributed by atoms with Crippen LogP contribution in [-0.4, -0.2) is 29.4 Å². The van der Waals surface area contributed by atoms with E-state index in [4.69, 9.17) is 5.14 Å². The van der Waals surface area contributed by atoms with Crippen molar-refractivity contribution >= 4 is 10.0 Å². The van der Waals surface area contributed by atoms with Crippen LogP contribution in [0, 0.1) is 13.8 Å². The normalized spacial score (nSPS) is 25.3. The van der Waals surface area contributed by atoms with E-state index in [-0.39, 0.29) is 10.9 Å². The number of hydrogen-bond donors (Lipinski definition) is 2. The Morgan fingerprint density at radius 3 is 2.47 bits per heavy atom. The molecule has 7 heteroatoms. The lowest BCUT2D eigenvalue weighted by Crippen LogP contribution is -2.25. The van der Waals surface area contributed by atoms with Crippen molar-refractivity contribution in [1.29, 1.82) is 0 Å². The summed E-state index contributed by atoms with van der Waals surface area (Å²) in [5.41, 5.74) is 0.919. The van der Waals surface area contributed by atoms with Gasteiger partial charge >= 0.3 is 0 Å². The summed E-state index contributed by atoms with van der Waals surface area (Å²) >= 11 is 0. The van der Waals surface area contributed by atoms with E-state index in [2.05, 4.69) is 5.10 Å². The molecule has 1 saturated carbocycles. The first-order chi connectivity index (χ1) is 8.82. The van der Waals surface area contributed by atoms with Gasteiger partial charge in [0.05, 0.1) is 23.5 Å². The average molecular weight is 287 g/mol. The van der Waals surface area contributed by atoms with Crippen LogP contribution in [0.1, 0.15) is 49.5 Å². The summed E-state index contributed by atoms with van der Waals surface area (Å²) < 4.78 is 24.8. The second-order valence-electron chi connectivity index (χ2n) is 5.26. The molecule has 6 nitrogen and oxygen atoms in total. The van der Waals surface area contributed by atoms with Gasteiger partial charge in [-0.3, -0.25) is 4.68 Å². The number of sulfonamides is 1. The molecular weight excluding hydrogens is 266 g/mol. The van der Waals surface area contributed by atoms with Gasteiger partial charge in [0.2, 0.25) is 10.0 Å². The SMILES string of the molecule is Cc1nn(C2CCCCCC2O)c(C)c1S(N)(=O)=O. The maximum Gasteiger partial charge on any atom is 0.241 e. The van der Waals surface area contributed by atoms with Crippen LogP contribution in [0.15, 0.2) is 4.90 Å². The first kappa shape index (κ1) is 14.5. The molecule has 0 spiro atoms. The molecule has 0 bridgehead atoms. The van der Waals surface area contributed by atoms with E-state index < -0.39 is 16.1 Å². The van der Waals surface area contributed by atoms with Gasteiger partial charge in [0.25, 0.3) is 0 Å². The van der Waals surface area contributed by atoms with Gasteiger partial charge in [-0.05, 0) is 26.7 Å². The second kappa shape index (κ2) is 5.22. The number of aliphatic hydroxyl groups excluding tert-OH is 1. The highest BCUT2D eigenvalue weighted by Gasteiger charge is 2.29. The van der Waals surface area contributed by atoms with Crippen LogP contribution in [0.3, 0.4) is 0 Å². The second-order valence-corrected chi connectivity index (χ2v) is 6.76. The minimum absolute atomic E-state index is 0.0870. The third kappa shape index (κ3) is 2.82. The highest BCUT2D eigenvalue weighted by Crippen LogP contribution is 2.30. The lowest BCUT2D eigenvalue weighted by molar-refractivity contribution is 0.0976. The summed E-state index contributed by atoms with van der Waals surface area (Å²) in [6.45, 7) is 3.32. The predicted octanol–water partition coefficient (Wildman–Crippen LogP) is 1.01. The molecule has 0 saturated heterocycles. The van der Waals surface area contributed by atoms with Crippen molar-refractivity contribution in [2.24, 2.45) is 5.14 Å². The monoisotopic (exact) mass is 287 g/mol. The topological polar surface area (TPSA) is 98.2 Å². The van der Waals surface area contributed by atoms with E-state index in [0.29, 0.717) is 11.4 Å². The number of aromatic nitrogens is 2. The fraction of sp³-hybridized carbons (Fsp3) is 0.750. The predicted molar refractivity (Wildman–Crippen MR) is 71.2 cm³/mol. The van der Waals surface area contributed by atoms with Crippen LogP contribution in [-0.2, 0) is 10.0 Å². The number of rotatable bonds is 2. The summed E-state index contributed by atoms with van der Waals surface area (Å²) in [5.74, 6) is 0. The van der Waals surface area contributed by atoms with Crippen molar-refractivity contribution in [3.05, 3.63) is 11.4 Å².